The van der Waals surface area contributed by atoms with Crippen LogP contribution in [-0.4, -0.2) is 42.9 Å². The van der Waals surface area contributed by atoms with Crippen molar-refractivity contribution >= 4 is 11.7 Å². The van der Waals surface area contributed by atoms with E-state index in [-0.39, 0.29) is 38.4 Å². The lowest BCUT2D eigenvalue weighted by Crippen LogP contribution is -2.64. The summed E-state index contributed by atoms with van der Waals surface area (Å²) in [4.78, 5) is 29.8. The number of allylic oxidation sites excluding steroid dienone is 3. The summed E-state index contributed by atoms with van der Waals surface area (Å²) >= 11 is 0. The molecule has 42 heavy (non-hydrogen) atoms. The highest BCUT2D eigenvalue weighted by molar-refractivity contribution is 5.95. The maximum Gasteiger partial charge on any atom is 0.222 e. The van der Waals surface area contributed by atoms with Gasteiger partial charge in [-0.05, 0) is 103 Å². The Labute approximate surface area is 254 Å². The van der Waals surface area contributed by atoms with Gasteiger partial charge in [-0.2, -0.15) is 5.26 Å². The fraction of sp³-hybridized carbons (Fsp3) is 0.811. The number of carbonyl (C=O) groups is 2. The van der Waals surface area contributed by atoms with Crippen LogP contribution in [0.4, 0.5) is 0 Å². The minimum absolute atomic E-state index is 0.0110. The van der Waals surface area contributed by atoms with Crippen molar-refractivity contribution in [1.82, 2.24) is 4.90 Å². The van der Waals surface area contributed by atoms with Crippen LogP contribution in [0.3, 0.4) is 0 Å². The van der Waals surface area contributed by atoms with Crippen molar-refractivity contribution in [1.29, 1.82) is 5.26 Å². The summed E-state index contributed by atoms with van der Waals surface area (Å²) in [6.07, 6.45) is 14.6. The van der Waals surface area contributed by atoms with Crippen LogP contribution in [0, 0.1) is 61.6 Å². The second-order valence-corrected chi connectivity index (χ2v) is 17.4. The van der Waals surface area contributed by atoms with Gasteiger partial charge >= 0.3 is 0 Å². The summed E-state index contributed by atoms with van der Waals surface area (Å²) in [5, 5.41) is 10.0. The molecule has 2 heterocycles. The summed E-state index contributed by atoms with van der Waals surface area (Å²) < 4.78 is 6.03. The number of fused-ring (bicyclic) bond motifs is 7. The van der Waals surface area contributed by atoms with E-state index in [1.807, 2.05) is 4.90 Å². The minimum Gasteiger partial charge on any atom is -0.375 e. The van der Waals surface area contributed by atoms with E-state index in [9.17, 15) is 14.9 Å². The quantitative estimate of drug-likeness (QED) is 0.347. The Hall–Kier alpha value is -1.93. The SMILES string of the molecule is CC1(C)CCC2(CCC(=O)N3CCC3)CCC3(C)C(C(=O)C=C4C5(C)C=C(C#N)COCC(C)(C)C5CCC43C)C2C1. The standard InChI is InChI=1S/C37H54N2O3/c1-32(2)13-15-37(12-10-30(41)39-17-8-18-39)16-14-36(7)31(26(37)21-32)27(40)19-29-34(5)20-25(22-38)23-42-24-33(3,4)28(34)9-11-35(29,36)6/h19-20,26,28,31H,8-18,21,23-24H2,1-7H3. The Bertz CT molecular complexity index is 1270. The van der Waals surface area contributed by atoms with Gasteiger partial charge in [-0.15, -0.1) is 0 Å². The fourth-order valence-electron chi connectivity index (χ4n) is 11.4. The smallest absolute Gasteiger partial charge is 0.222 e. The van der Waals surface area contributed by atoms with Gasteiger partial charge in [0, 0.05) is 30.8 Å². The third-order valence-corrected chi connectivity index (χ3v) is 14.1. The molecule has 0 spiro atoms. The number of hydrogen-bond acceptors (Lipinski definition) is 4. The van der Waals surface area contributed by atoms with Crippen LogP contribution in [0.1, 0.15) is 113 Å². The van der Waals surface area contributed by atoms with Crippen LogP contribution < -0.4 is 0 Å². The molecule has 3 saturated carbocycles. The van der Waals surface area contributed by atoms with Gasteiger partial charge in [-0.1, -0.05) is 60.1 Å². The highest BCUT2D eigenvalue weighted by Gasteiger charge is 2.68. The van der Waals surface area contributed by atoms with E-state index in [4.69, 9.17) is 4.74 Å². The number of likely N-dealkylation sites (tertiary alicyclic amines) is 1. The normalized spacial score (nSPS) is 43.9. The molecule has 0 aromatic carbocycles. The van der Waals surface area contributed by atoms with Crippen LogP contribution in [0.25, 0.3) is 0 Å². The highest BCUT2D eigenvalue weighted by Crippen LogP contribution is 2.74. The molecule has 1 amide bonds. The van der Waals surface area contributed by atoms with Crippen LogP contribution in [-0.2, 0) is 14.3 Å². The van der Waals surface area contributed by atoms with Gasteiger partial charge in [-0.25, -0.2) is 0 Å². The van der Waals surface area contributed by atoms with E-state index in [0.717, 1.165) is 64.5 Å². The number of rotatable bonds is 3. The lowest BCUT2D eigenvalue weighted by molar-refractivity contribution is -0.173. The topological polar surface area (TPSA) is 70.4 Å². The van der Waals surface area contributed by atoms with Crippen LogP contribution in [0.2, 0.25) is 0 Å². The largest absolute Gasteiger partial charge is 0.375 e. The third-order valence-electron chi connectivity index (χ3n) is 14.1. The fourth-order valence-corrected chi connectivity index (χ4v) is 11.4. The molecule has 1 saturated heterocycles. The Balaban J connectivity index is 1.43. The summed E-state index contributed by atoms with van der Waals surface area (Å²) in [5.41, 5.74) is 1.55. The number of carbonyl (C=O) groups excluding carboxylic acids is 2. The van der Waals surface area contributed by atoms with Crippen molar-refractivity contribution in [2.45, 2.75) is 113 Å². The molecule has 2 aliphatic heterocycles. The lowest BCUT2D eigenvalue weighted by atomic mass is 9.34. The summed E-state index contributed by atoms with van der Waals surface area (Å²) in [6, 6.07) is 2.43. The number of amides is 1. The van der Waals surface area contributed by atoms with Crippen molar-refractivity contribution in [3.8, 4) is 6.07 Å². The number of nitrogens with zero attached hydrogens (tertiary/aromatic N) is 2. The van der Waals surface area contributed by atoms with Gasteiger partial charge in [0.25, 0.3) is 0 Å². The summed E-state index contributed by atoms with van der Waals surface area (Å²) in [5.74, 6) is 1.23. The van der Waals surface area contributed by atoms with Crippen molar-refractivity contribution in [2.24, 2.45) is 50.2 Å². The first kappa shape index (κ1) is 30.1. The Morgan fingerprint density at radius 1 is 1.05 bits per heavy atom. The number of ether oxygens (including phenoxy) is 1. The van der Waals surface area contributed by atoms with Crippen molar-refractivity contribution in [2.75, 3.05) is 26.3 Å². The molecule has 0 aromatic heterocycles. The van der Waals surface area contributed by atoms with Crippen molar-refractivity contribution < 1.29 is 14.3 Å². The molecule has 7 unspecified atom stereocenters. The van der Waals surface area contributed by atoms with Gasteiger partial charge in [0.15, 0.2) is 5.78 Å². The first-order valence-corrected chi connectivity index (χ1v) is 16.8. The second kappa shape index (κ2) is 9.79. The maximum atomic E-state index is 14.8. The van der Waals surface area contributed by atoms with Gasteiger partial charge in [0.2, 0.25) is 5.91 Å². The zero-order valence-electron chi connectivity index (χ0n) is 27.4. The van der Waals surface area contributed by atoms with Crippen LogP contribution in [0.15, 0.2) is 23.3 Å². The van der Waals surface area contributed by atoms with Crippen molar-refractivity contribution in [3.63, 3.8) is 0 Å². The molecule has 230 valence electrons. The average Bonchev–Trinajstić information content (AvgIpc) is 2.87. The van der Waals surface area contributed by atoms with Crippen molar-refractivity contribution in [3.05, 3.63) is 23.3 Å². The van der Waals surface area contributed by atoms with Gasteiger partial charge in [0.1, 0.15) is 0 Å². The molecule has 5 heteroatoms. The van der Waals surface area contributed by atoms with Crippen LogP contribution in [0.5, 0.6) is 0 Å². The molecule has 7 atom stereocenters. The van der Waals surface area contributed by atoms with E-state index >= 15 is 0 Å². The molecule has 0 bridgehead atoms. The van der Waals surface area contributed by atoms with E-state index in [1.54, 1.807) is 0 Å². The van der Waals surface area contributed by atoms with Gasteiger partial charge < -0.3 is 9.64 Å². The molecular weight excluding hydrogens is 520 g/mol. The summed E-state index contributed by atoms with van der Waals surface area (Å²) in [6.45, 7) is 19.4. The molecule has 0 radical (unpaired) electrons. The molecule has 5 nitrogen and oxygen atoms in total. The number of hydrogen-bond donors (Lipinski definition) is 0. The molecule has 0 N–H and O–H groups in total. The zero-order valence-corrected chi connectivity index (χ0v) is 27.4. The first-order valence-electron chi connectivity index (χ1n) is 16.8. The second-order valence-electron chi connectivity index (χ2n) is 17.4. The zero-order chi connectivity index (χ0) is 30.3. The third kappa shape index (κ3) is 4.32. The Morgan fingerprint density at radius 3 is 2.43 bits per heavy atom. The Kier molecular flexibility index (Phi) is 7.02. The predicted molar refractivity (Wildman–Crippen MR) is 165 cm³/mol. The molecular formula is C37H54N2O3. The van der Waals surface area contributed by atoms with E-state index in [1.165, 1.54) is 12.0 Å². The monoisotopic (exact) mass is 574 g/mol. The van der Waals surface area contributed by atoms with Crippen LogP contribution >= 0.6 is 0 Å². The molecule has 6 rings (SSSR count). The van der Waals surface area contributed by atoms with Gasteiger partial charge in [-0.3, -0.25) is 9.59 Å². The van der Waals surface area contributed by atoms with E-state index in [0.29, 0.717) is 48.7 Å². The highest BCUT2D eigenvalue weighted by atomic mass is 16.5. The number of nitriles is 1. The minimum atomic E-state index is -0.362. The Morgan fingerprint density at radius 2 is 1.76 bits per heavy atom. The maximum absolute atomic E-state index is 14.8. The molecule has 4 aliphatic carbocycles. The van der Waals surface area contributed by atoms with Gasteiger partial charge in [0.05, 0.1) is 24.9 Å². The molecule has 4 fully saturated rings. The molecule has 0 aromatic rings. The van der Waals surface area contributed by atoms with E-state index in [2.05, 4.69) is 66.7 Å². The predicted octanol–water partition coefficient (Wildman–Crippen LogP) is 7.67. The van der Waals surface area contributed by atoms with E-state index < -0.39 is 0 Å². The lowest BCUT2D eigenvalue weighted by Gasteiger charge is -2.69. The summed E-state index contributed by atoms with van der Waals surface area (Å²) in [7, 11) is 0. The number of ketones is 1. The first-order chi connectivity index (χ1) is 19.6. The average molecular weight is 575 g/mol. The molecule has 6 aliphatic rings.